The summed E-state index contributed by atoms with van der Waals surface area (Å²) < 4.78 is 0. The van der Waals surface area contributed by atoms with Crippen LogP contribution in [0.2, 0.25) is 0 Å². The standard InChI is InChI=1S/C57H84N2/c1-6-9-11-13-15-20-25-56(53-39-36-51(58)41-43(53)4)49-31-27-47(28-32-49)55(38-35-45(22-8-3)46-23-18-17-19-24-46)48-29-33-50(34-30-48)57(26-21-16-14-12-10-7-2)54-40-37-52(59)42-44(54)5/h27-34,36-37,39-42,45-46,55-57H,6-26,35,38,58-59H2,1-5H3. The van der Waals surface area contributed by atoms with Gasteiger partial charge in [-0.15, -0.1) is 0 Å². The van der Waals surface area contributed by atoms with Gasteiger partial charge in [-0.05, 0) is 120 Å². The van der Waals surface area contributed by atoms with Crippen molar-refractivity contribution in [1.29, 1.82) is 0 Å². The number of anilines is 2. The van der Waals surface area contributed by atoms with E-state index >= 15 is 0 Å². The van der Waals surface area contributed by atoms with Crippen molar-refractivity contribution in [2.45, 2.75) is 200 Å². The number of nitrogens with two attached hydrogens (primary N) is 2. The molecule has 0 spiro atoms. The number of aryl methyl sites for hydroxylation is 2. The predicted molar refractivity (Wildman–Crippen MR) is 260 cm³/mol. The number of hydrogen-bond acceptors (Lipinski definition) is 2. The van der Waals surface area contributed by atoms with Crippen LogP contribution in [0.1, 0.15) is 231 Å². The summed E-state index contributed by atoms with van der Waals surface area (Å²) in [4.78, 5) is 0. The summed E-state index contributed by atoms with van der Waals surface area (Å²) in [6, 6.07) is 33.1. The van der Waals surface area contributed by atoms with E-state index in [0.29, 0.717) is 17.8 Å². The van der Waals surface area contributed by atoms with Gasteiger partial charge in [-0.25, -0.2) is 0 Å². The lowest BCUT2D eigenvalue weighted by molar-refractivity contribution is 0.218. The van der Waals surface area contributed by atoms with E-state index in [2.05, 4.69) is 120 Å². The first-order valence-electron chi connectivity index (χ1n) is 24.7. The van der Waals surface area contributed by atoms with Crippen molar-refractivity contribution in [1.82, 2.24) is 0 Å². The summed E-state index contributed by atoms with van der Waals surface area (Å²) in [5, 5.41) is 0. The van der Waals surface area contributed by atoms with Gasteiger partial charge in [0.2, 0.25) is 0 Å². The molecule has 0 heterocycles. The second-order valence-electron chi connectivity index (χ2n) is 18.9. The van der Waals surface area contributed by atoms with Crippen molar-refractivity contribution in [3.63, 3.8) is 0 Å². The maximum atomic E-state index is 6.26. The number of hydrogen-bond donors (Lipinski definition) is 2. The molecule has 4 aromatic rings. The molecule has 0 bridgehead atoms. The molecule has 3 atom stereocenters. The highest BCUT2D eigenvalue weighted by atomic mass is 14.5. The van der Waals surface area contributed by atoms with Crippen LogP contribution >= 0.6 is 0 Å². The van der Waals surface area contributed by atoms with Crippen molar-refractivity contribution in [3.8, 4) is 0 Å². The molecule has 4 aromatic carbocycles. The molecule has 1 aliphatic rings. The third-order valence-corrected chi connectivity index (χ3v) is 14.3. The zero-order chi connectivity index (χ0) is 41.8. The van der Waals surface area contributed by atoms with Crippen molar-refractivity contribution in [2.75, 3.05) is 11.5 Å². The minimum absolute atomic E-state index is 0.395. The Morgan fingerprint density at radius 3 is 1.24 bits per heavy atom. The van der Waals surface area contributed by atoms with E-state index in [9.17, 15) is 0 Å². The topological polar surface area (TPSA) is 52.0 Å². The fourth-order valence-electron chi connectivity index (χ4n) is 10.9. The van der Waals surface area contributed by atoms with Crippen molar-refractivity contribution in [2.24, 2.45) is 11.8 Å². The molecule has 0 saturated heterocycles. The van der Waals surface area contributed by atoms with Gasteiger partial charge in [-0.2, -0.15) is 0 Å². The van der Waals surface area contributed by atoms with Gasteiger partial charge < -0.3 is 11.5 Å². The number of benzene rings is 4. The molecular weight excluding hydrogens is 713 g/mol. The van der Waals surface area contributed by atoms with Crippen LogP contribution in [0.5, 0.6) is 0 Å². The van der Waals surface area contributed by atoms with Crippen LogP contribution in [0.15, 0.2) is 84.9 Å². The van der Waals surface area contributed by atoms with Crippen molar-refractivity contribution >= 4 is 11.4 Å². The highest BCUT2D eigenvalue weighted by molar-refractivity contribution is 5.50. The summed E-state index contributed by atoms with van der Waals surface area (Å²) in [6.45, 7) is 11.5. The fraction of sp³-hybridized carbons (Fsp3) is 0.579. The molecule has 1 aliphatic carbocycles. The number of nitrogen functional groups attached to an aromatic ring is 2. The first kappa shape index (κ1) is 46.5. The third-order valence-electron chi connectivity index (χ3n) is 14.3. The van der Waals surface area contributed by atoms with Crippen LogP contribution in [0.3, 0.4) is 0 Å². The summed E-state index contributed by atoms with van der Waals surface area (Å²) >= 11 is 0. The molecule has 0 aromatic heterocycles. The molecule has 1 saturated carbocycles. The van der Waals surface area contributed by atoms with E-state index in [-0.39, 0.29) is 0 Å². The molecule has 2 heteroatoms. The molecule has 0 aliphatic heterocycles. The van der Waals surface area contributed by atoms with Crippen molar-refractivity contribution in [3.05, 3.63) is 129 Å². The van der Waals surface area contributed by atoms with E-state index in [4.69, 9.17) is 11.5 Å². The van der Waals surface area contributed by atoms with Gasteiger partial charge in [0.25, 0.3) is 0 Å². The first-order chi connectivity index (χ1) is 28.8. The average Bonchev–Trinajstić information content (AvgIpc) is 3.24. The maximum absolute atomic E-state index is 6.26. The highest BCUT2D eigenvalue weighted by Gasteiger charge is 2.26. The smallest absolute Gasteiger partial charge is 0.0316 e. The van der Waals surface area contributed by atoms with Gasteiger partial charge in [0.05, 0.1) is 0 Å². The molecule has 2 nitrogen and oxygen atoms in total. The Balaban J connectivity index is 1.44. The Morgan fingerprint density at radius 2 is 0.831 bits per heavy atom. The normalized spacial score (nSPS) is 15.5. The summed E-state index contributed by atoms with van der Waals surface area (Å²) in [6.07, 6.45) is 30.7. The molecule has 5 rings (SSSR count). The fourth-order valence-corrected chi connectivity index (χ4v) is 10.9. The SMILES string of the molecule is CCCCCCCCC(c1ccc(C(CCC(CCC)C2CCCCC2)c2ccc(C(CCCCCCCC)c3ccc(N)cc3C)cc2)cc1)c1ccc(N)cc1C. The molecule has 59 heavy (non-hydrogen) atoms. The Kier molecular flexibility index (Phi) is 20.0. The van der Waals surface area contributed by atoms with Gasteiger partial charge in [-0.1, -0.05) is 203 Å². The van der Waals surface area contributed by atoms with E-state index in [1.807, 2.05) is 0 Å². The number of unbranched alkanes of at least 4 members (excludes halogenated alkanes) is 10. The molecule has 0 amide bonds. The van der Waals surface area contributed by atoms with E-state index in [0.717, 1.165) is 23.2 Å². The zero-order valence-corrected chi connectivity index (χ0v) is 38.4. The zero-order valence-electron chi connectivity index (χ0n) is 38.4. The summed E-state index contributed by atoms with van der Waals surface area (Å²) in [5.74, 6) is 2.94. The van der Waals surface area contributed by atoms with Crippen LogP contribution in [-0.2, 0) is 0 Å². The van der Waals surface area contributed by atoms with Crippen molar-refractivity contribution < 1.29 is 0 Å². The quantitative estimate of drug-likeness (QED) is 0.0491. The van der Waals surface area contributed by atoms with Gasteiger partial charge >= 0.3 is 0 Å². The van der Waals surface area contributed by atoms with Crippen LogP contribution in [-0.4, -0.2) is 0 Å². The maximum Gasteiger partial charge on any atom is 0.0316 e. The Labute approximate surface area is 362 Å². The molecular formula is C57H84N2. The van der Waals surface area contributed by atoms with E-state index in [1.165, 1.54) is 192 Å². The molecule has 0 radical (unpaired) electrons. The first-order valence-corrected chi connectivity index (χ1v) is 24.7. The molecule has 1 fully saturated rings. The van der Waals surface area contributed by atoms with Gasteiger partial charge in [-0.3, -0.25) is 0 Å². The Hall–Kier alpha value is -3.52. The lowest BCUT2D eigenvalue weighted by Gasteiger charge is -2.32. The summed E-state index contributed by atoms with van der Waals surface area (Å²) in [5.41, 5.74) is 25.6. The third kappa shape index (κ3) is 14.3. The minimum atomic E-state index is 0.395. The van der Waals surface area contributed by atoms with Crippen LogP contribution in [0, 0.1) is 25.7 Å². The van der Waals surface area contributed by atoms with Crippen LogP contribution in [0.25, 0.3) is 0 Å². The van der Waals surface area contributed by atoms with Gasteiger partial charge in [0.15, 0.2) is 0 Å². The van der Waals surface area contributed by atoms with Crippen LogP contribution < -0.4 is 11.5 Å². The van der Waals surface area contributed by atoms with Gasteiger partial charge in [0.1, 0.15) is 0 Å². The molecule has 4 N–H and O–H groups in total. The lowest BCUT2D eigenvalue weighted by atomic mass is 9.74. The Bertz CT molecular complexity index is 1630. The summed E-state index contributed by atoms with van der Waals surface area (Å²) in [7, 11) is 0. The molecule has 322 valence electrons. The largest absolute Gasteiger partial charge is 0.399 e. The average molecular weight is 797 g/mol. The highest BCUT2D eigenvalue weighted by Crippen LogP contribution is 2.41. The Morgan fingerprint density at radius 1 is 0.424 bits per heavy atom. The lowest BCUT2D eigenvalue weighted by Crippen LogP contribution is -2.19. The monoisotopic (exact) mass is 797 g/mol. The van der Waals surface area contributed by atoms with Crippen LogP contribution in [0.4, 0.5) is 11.4 Å². The van der Waals surface area contributed by atoms with E-state index < -0.39 is 0 Å². The van der Waals surface area contributed by atoms with E-state index in [1.54, 1.807) is 0 Å². The second kappa shape index (κ2) is 25.3. The predicted octanol–water partition coefficient (Wildman–Crippen LogP) is 17.1. The van der Waals surface area contributed by atoms with Gasteiger partial charge in [0, 0.05) is 29.1 Å². The number of rotatable bonds is 26. The minimum Gasteiger partial charge on any atom is -0.399 e. The second-order valence-corrected chi connectivity index (χ2v) is 18.9. The molecule has 3 unspecified atom stereocenters.